The highest BCUT2D eigenvalue weighted by molar-refractivity contribution is 5.54. The highest BCUT2D eigenvalue weighted by atomic mass is 19.1. The number of hydrogen-bond acceptors (Lipinski definition) is 2. The number of nitrogens with zero attached hydrogens (tertiary/aromatic N) is 1. The predicted octanol–water partition coefficient (Wildman–Crippen LogP) is 4.09. The Kier molecular flexibility index (Phi) is 5.03. The van der Waals surface area contributed by atoms with Crippen LogP contribution in [0.25, 0.3) is 0 Å². The van der Waals surface area contributed by atoms with Crippen LogP contribution in [0.1, 0.15) is 52.0 Å². The molecule has 0 spiro atoms. The van der Waals surface area contributed by atoms with E-state index in [1.165, 1.54) is 31.4 Å². The first kappa shape index (κ1) is 15.3. The van der Waals surface area contributed by atoms with Crippen molar-refractivity contribution in [1.82, 2.24) is 5.32 Å². The second-order valence-electron chi connectivity index (χ2n) is 6.78. The summed E-state index contributed by atoms with van der Waals surface area (Å²) in [5.74, 6) is -0.144. The molecule has 3 heteroatoms. The lowest BCUT2D eigenvalue weighted by molar-refractivity contribution is 0.423. The number of halogens is 1. The molecule has 2 nitrogen and oxygen atoms in total. The summed E-state index contributed by atoms with van der Waals surface area (Å²) in [5.41, 5.74) is 2.31. The van der Waals surface area contributed by atoms with Gasteiger partial charge in [0.05, 0.1) is 0 Å². The van der Waals surface area contributed by atoms with Gasteiger partial charge in [0.1, 0.15) is 5.82 Å². The third kappa shape index (κ3) is 4.48. The zero-order valence-corrected chi connectivity index (χ0v) is 13.0. The first-order valence-electron chi connectivity index (χ1n) is 7.74. The zero-order chi connectivity index (χ0) is 14.6. The Balaban J connectivity index is 2.18. The number of anilines is 1. The van der Waals surface area contributed by atoms with E-state index in [0.717, 1.165) is 18.7 Å². The Hall–Kier alpha value is -1.09. The van der Waals surface area contributed by atoms with Gasteiger partial charge in [0.25, 0.3) is 0 Å². The molecule has 0 saturated carbocycles. The van der Waals surface area contributed by atoms with Crippen molar-refractivity contribution < 1.29 is 4.39 Å². The van der Waals surface area contributed by atoms with Crippen molar-refractivity contribution in [2.75, 3.05) is 18.0 Å². The molecular weight excluding hydrogens is 251 g/mol. The SMILES string of the molecule is CC(C)(C)NCc1cc(F)ccc1N1CCCCCC1. The van der Waals surface area contributed by atoms with Gasteiger partial charge >= 0.3 is 0 Å². The van der Waals surface area contributed by atoms with E-state index in [4.69, 9.17) is 0 Å². The first-order chi connectivity index (χ1) is 9.46. The largest absolute Gasteiger partial charge is 0.371 e. The van der Waals surface area contributed by atoms with Crippen molar-refractivity contribution in [3.05, 3.63) is 29.6 Å². The van der Waals surface area contributed by atoms with Crippen molar-refractivity contribution >= 4 is 5.69 Å². The summed E-state index contributed by atoms with van der Waals surface area (Å²) in [6.07, 6.45) is 5.10. The van der Waals surface area contributed by atoms with E-state index in [-0.39, 0.29) is 11.4 Å². The average Bonchev–Trinajstić information content (AvgIpc) is 2.64. The molecule has 1 N–H and O–H groups in total. The van der Waals surface area contributed by atoms with Crippen LogP contribution in [0.2, 0.25) is 0 Å². The van der Waals surface area contributed by atoms with Crippen molar-refractivity contribution in [3.8, 4) is 0 Å². The quantitative estimate of drug-likeness (QED) is 0.895. The molecule has 2 rings (SSSR count). The van der Waals surface area contributed by atoms with Crippen LogP contribution in [0, 0.1) is 5.82 Å². The summed E-state index contributed by atoms with van der Waals surface area (Å²) in [4.78, 5) is 2.42. The van der Waals surface area contributed by atoms with Gasteiger partial charge in [-0.15, -0.1) is 0 Å². The van der Waals surface area contributed by atoms with E-state index in [9.17, 15) is 4.39 Å². The molecular formula is C17H27FN2. The number of hydrogen-bond donors (Lipinski definition) is 1. The summed E-state index contributed by atoms with van der Waals surface area (Å²) in [5, 5.41) is 3.47. The third-order valence-corrected chi connectivity index (χ3v) is 3.80. The van der Waals surface area contributed by atoms with Gasteiger partial charge in [0.15, 0.2) is 0 Å². The summed E-state index contributed by atoms with van der Waals surface area (Å²) in [6.45, 7) is 9.31. The second-order valence-corrected chi connectivity index (χ2v) is 6.78. The van der Waals surface area contributed by atoms with E-state index in [1.807, 2.05) is 6.07 Å². The lowest BCUT2D eigenvalue weighted by Crippen LogP contribution is -2.36. The van der Waals surface area contributed by atoms with Gasteiger partial charge in [-0.3, -0.25) is 0 Å². The van der Waals surface area contributed by atoms with Crippen LogP contribution in [-0.2, 0) is 6.54 Å². The monoisotopic (exact) mass is 278 g/mol. The third-order valence-electron chi connectivity index (χ3n) is 3.80. The number of nitrogens with one attached hydrogen (secondary N) is 1. The zero-order valence-electron chi connectivity index (χ0n) is 13.0. The van der Waals surface area contributed by atoms with E-state index in [0.29, 0.717) is 6.54 Å². The average molecular weight is 278 g/mol. The minimum absolute atomic E-state index is 0.0440. The lowest BCUT2D eigenvalue weighted by atomic mass is 10.1. The van der Waals surface area contributed by atoms with E-state index >= 15 is 0 Å². The Morgan fingerprint density at radius 2 is 1.75 bits per heavy atom. The minimum Gasteiger partial charge on any atom is -0.371 e. The maximum absolute atomic E-state index is 13.6. The molecule has 112 valence electrons. The molecule has 0 atom stereocenters. The molecule has 20 heavy (non-hydrogen) atoms. The van der Waals surface area contributed by atoms with Crippen LogP contribution < -0.4 is 10.2 Å². The fourth-order valence-electron chi connectivity index (χ4n) is 2.68. The Morgan fingerprint density at radius 3 is 2.35 bits per heavy atom. The van der Waals surface area contributed by atoms with Gasteiger partial charge in [-0.25, -0.2) is 4.39 Å². The molecule has 0 radical (unpaired) electrons. The molecule has 1 fully saturated rings. The first-order valence-corrected chi connectivity index (χ1v) is 7.74. The maximum atomic E-state index is 13.6. The smallest absolute Gasteiger partial charge is 0.123 e. The summed E-state index contributed by atoms with van der Waals surface area (Å²) in [7, 11) is 0. The molecule has 0 aliphatic carbocycles. The predicted molar refractivity (Wildman–Crippen MR) is 83.7 cm³/mol. The van der Waals surface area contributed by atoms with Crippen LogP contribution in [0.15, 0.2) is 18.2 Å². The normalized spacial score (nSPS) is 17.1. The van der Waals surface area contributed by atoms with Crippen LogP contribution in [-0.4, -0.2) is 18.6 Å². The van der Waals surface area contributed by atoms with Gasteiger partial charge in [-0.1, -0.05) is 12.8 Å². The lowest BCUT2D eigenvalue weighted by Gasteiger charge is -2.27. The Labute approximate surface area is 122 Å². The maximum Gasteiger partial charge on any atom is 0.123 e. The van der Waals surface area contributed by atoms with Gasteiger partial charge in [0, 0.05) is 30.9 Å². The number of rotatable bonds is 3. The van der Waals surface area contributed by atoms with E-state index < -0.39 is 0 Å². The van der Waals surface area contributed by atoms with Crippen molar-refractivity contribution in [3.63, 3.8) is 0 Å². The van der Waals surface area contributed by atoms with Crippen molar-refractivity contribution in [2.24, 2.45) is 0 Å². The Morgan fingerprint density at radius 1 is 1.10 bits per heavy atom. The molecule has 1 aliphatic heterocycles. The van der Waals surface area contributed by atoms with Gasteiger partial charge in [0.2, 0.25) is 0 Å². The van der Waals surface area contributed by atoms with E-state index in [2.05, 4.69) is 31.0 Å². The van der Waals surface area contributed by atoms with Crippen LogP contribution in [0.5, 0.6) is 0 Å². The molecule has 0 unspecified atom stereocenters. The van der Waals surface area contributed by atoms with E-state index in [1.54, 1.807) is 12.1 Å². The van der Waals surface area contributed by atoms with Crippen LogP contribution in [0.4, 0.5) is 10.1 Å². The molecule has 1 aromatic rings. The fraction of sp³-hybridized carbons (Fsp3) is 0.647. The minimum atomic E-state index is -0.144. The fourth-order valence-corrected chi connectivity index (χ4v) is 2.68. The molecule has 0 bridgehead atoms. The van der Waals surface area contributed by atoms with Gasteiger partial charge < -0.3 is 10.2 Å². The summed E-state index contributed by atoms with van der Waals surface area (Å²) >= 11 is 0. The second kappa shape index (κ2) is 6.57. The standard InChI is InChI=1S/C17H27FN2/c1-17(2,3)19-13-14-12-15(18)8-9-16(14)20-10-6-4-5-7-11-20/h8-9,12,19H,4-7,10-11,13H2,1-3H3. The summed E-state index contributed by atoms with van der Waals surface area (Å²) in [6, 6.07) is 5.21. The van der Waals surface area contributed by atoms with Gasteiger partial charge in [-0.2, -0.15) is 0 Å². The highest BCUT2D eigenvalue weighted by Crippen LogP contribution is 2.25. The molecule has 1 saturated heterocycles. The van der Waals surface area contributed by atoms with Crippen LogP contribution >= 0.6 is 0 Å². The summed E-state index contributed by atoms with van der Waals surface area (Å²) < 4.78 is 13.6. The van der Waals surface area contributed by atoms with Crippen LogP contribution in [0.3, 0.4) is 0 Å². The highest BCUT2D eigenvalue weighted by Gasteiger charge is 2.16. The molecule has 1 aromatic carbocycles. The molecule has 0 aromatic heterocycles. The number of benzene rings is 1. The van der Waals surface area contributed by atoms with Gasteiger partial charge in [-0.05, 0) is 57.4 Å². The molecule has 1 aliphatic rings. The Bertz CT molecular complexity index is 429. The molecule has 1 heterocycles. The molecule has 0 amide bonds. The topological polar surface area (TPSA) is 15.3 Å². The van der Waals surface area contributed by atoms with Crippen molar-refractivity contribution in [2.45, 2.75) is 58.5 Å². The van der Waals surface area contributed by atoms with Crippen molar-refractivity contribution in [1.29, 1.82) is 0 Å².